The summed E-state index contributed by atoms with van der Waals surface area (Å²) in [5.74, 6) is 1.23. The number of aromatic nitrogens is 4. The molecule has 0 amide bonds. The Kier molecular flexibility index (Phi) is 7.13. The van der Waals surface area contributed by atoms with Crippen molar-refractivity contribution >= 4 is 11.0 Å². The minimum atomic E-state index is -0.421. The summed E-state index contributed by atoms with van der Waals surface area (Å²) in [7, 11) is 5.78. The molecule has 0 aliphatic carbocycles. The molecule has 0 radical (unpaired) electrons. The van der Waals surface area contributed by atoms with Gasteiger partial charge in [-0.15, -0.1) is 0 Å². The Balaban J connectivity index is 1.44. The maximum absolute atomic E-state index is 12.7. The van der Waals surface area contributed by atoms with Crippen LogP contribution >= 0.6 is 0 Å². The molecule has 0 unspecified atom stereocenters. The first-order chi connectivity index (χ1) is 16.3. The summed E-state index contributed by atoms with van der Waals surface area (Å²) in [6.45, 7) is 7.55. The molecular formula is C25H34N6O3. The van der Waals surface area contributed by atoms with E-state index in [-0.39, 0.29) is 17.2 Å². The standard InChI is InChI=1S/C25H34N6O3/c1-17(2)31-21-16-26-23(27-22(21)24(32)29(5)25(31)33)18-6-8-20(9-7-18)34-15-14-30-12-10-19(11-13-30)28(3)4/h6-9,16-17,19H,10-15H2,1-5H3. The van der Waals surface area contributed by atoms with Crippen molar-refractivity contribution in [2.24, 2.45) is 7.05 Å². The van der Waals surface area contributed by atoms with Gasteiger partial charge in [0.15, 0.2) is 11.3 Å². The van der Waals surface area contributed by atoms with Gasteiger partial charge in [0.25, 0.3) is 5.56 Å². The summed E-state index contributed by atoms with van der Waals surface area (Å²) < 4.78 is 8.59. The lowest BCUT2D eigenvalue weighted by atomic mass is 10.0. The first-order valence-corrected chi connectivity index (χ1v) is 11.9. The molecule has 1 aliphatic rings. The Hall–Kier alpha value is -3.04. The van der Waals surface area contributed by atoms with Crippen LogP contribution in [-0.4, -0.2) is 75.3 Å². The van der Waals surface area contributed by atoms with Crippen LogP contribution in [0.15, 0.2) is 40.1 Å². The van der Waals surface area contributed by atoms with Crippen molar-refractivity contribution in [1.82, 2.24) is 28.9 Å². The molecule has 2 aromatic heterocycles. The number of nitrogens with zero attached hydrogens (tertiary/aromatic N) is 6. The predicted octanol–water partition coefficient (Wildman–Crippen LogP) is 2.14. The summed E-state index contributed by atoms with van der Waals surface area (Å²) in [6, 6.07) is 8.14. The number of likely N-dealkylation sites (tertiary alicyclic amines) is 1. The van der Waals surface area contributed by atoms with Crippen LogP contribution in [0.5, 0.6) is 5.75 Å². The largest absolute Gasteiger partial charge is 0.492 e. The van der Waals surface area contributed by atoms with Gasteiger partial charge in [-0.25, -0.2) is 14.8 Å². The molecule has 0 spiro atoms. The van der Waals surface area contributed by atoms with Gasteiger partial charge < -0.3 is 9.64 Å². The molecule has 1 aromatic carbocycles. The number of piperidine rings is 1. The van der Waals surface area contributed by atoms with E-state index in [0.717, 1.165) is 35.5 Å². The summed E-state index contributed by atoms with van der Waals surface area (Å²) in [4.78, 5) is 38.9. The number of hydrogen-bond acceptors (Lipinski definition) is 7. The second kappa shape index (κ2) is 10.1. The van der Waals surface area contributed by atoms with E-state index in [1.54, 1.807) is 10.8 Å². The third kappa shape index (κ3) is 4.90. The molecule has 0 saturated carbocycles. The van der Waals surface area contributed by atoms with E-state index < -0.39 is 5.56 Å². The average Bonchev–Trinajstić information content (AvgIpc) is 2.83. The SMILES string of the molecule is CC(C)n1c(=O)n(C)c(=O)c2nc(-c3ccc(OCCN4CCC(N(C)C)CC4)cc3)ncc21. The quantitative estimate of drug-likeness (QED) is 0.527. The smallest absolute Gasteiger partial charge is 0.331 e. The van der Waals surface area contributed by atoms with Crippen LogP contribution in [0, 0.1) is 0 Å². The fraction of sp³-hybridized carbons (Fsp3) is 0.520. The maximum atomic E-state index is 12.7. The van der Waals surface area contributed by atoms with Crippen LogP contribution in [-0.2, 0) is 7.05 Å². The highest BCUT2D eigenvalue weighted by Gasteiger charge is 2.20. The fourth-order valence-electron chi connectivity index (χ4n) is 4.51. The molecular weight excluding hydrogens is 432 g/mol. The number of hydrogen-bond donors (Lipinski definition) is 0. The van der Waals surface area contributed by atoms with Crippen molar-refractivity contribution in [3.8, 4) is 17.1 Å². The van der Waals surface area contributed by atoms with Crippen LogP contribution < -0.4 is 16.0 Å². The summed E-state index contributed by atoms with van der Waals surface area (Å²) in [5, 5.41) is 0. The monoisotopic (exact) mass is 466 g/mol. The summed E-state index contributed by atoms with van der Waals surface area (Å²) >= 11 is 0. The molecule has 3 heterocycles. The zero-order valence-corrected chi connectivity index (χ0v) is 20.7. The van der Waals surface area contributed by atoms with Crippen molar-refractivity contribution in [3.63, 3.8) is 0 Å². The van der Waals surface area contributed by atoms with Crippen molar-refractivity contribution < 1.29 is 4.74 Å². The number of rotatable bonds is 7. The van der Waals surface area contributed by atoms with Crippen molar-refractivity contribution in [2.45, 2.75) is 38.8 Å². The van der Waals surface area contributed by atoms with E-state index in [1.165, 1.54) is 19.9 Å². The second-order valence-electron chi connectivity index (χ2n) is 9.45. The lowest BCUT2D eigenvalue weighted by Crippen LogP contribution is -2.43. The number of ether oxygens (including phenoxy) is 1. The van der Waals surface area contributed by atoms with Crippen molar-refractivity contribution in [1.29, 1.82) is 0 Å². The van der Waals surface area contributed by atoms with Crippen LogP contribution in [0.1, 0.15) is 32.7 Å². The van der Waals surface area contributed by atoms with Crippen LogP contribution in [0.2, 0.25) is 0 Å². The molecule has 9 nitrogen and oxygen atoms in total. The molecule has 34 heavy (non-hydrogen) atoms. The maximum Gasteiger partial charge on any atom is 0.331 e. The van der Waals surface area contributed by atoms with Crippen LogP contribution in [0.3, 0.4) is 0 Å². The zero-order chi connectivity index (χ0) is 24.4. The Morgan fingerprint density at radius 2 is 1.79 bits per heavy atom. The van der Waals surface area contributed by atoms with Gasteiger partial charge in [0.05, 0.1) is 11.7 Å². The normalized spacial score (nSPS) is 15.5. The van der Waals surface area contributed by atoms with E-state index in [4.69, 9.17) is 4.74 Å². The van der Waals surface area contributed by atoms with Crippen LogP contribution in [0.25, 0.3) is 22.4 Å². The topological polar surface area (TPSA) is 85.5 Å². The Bertz CT molecular complexity index is 1250. The lowest BCUT2D eigenvalue weighted by Gasteiger charge is -2.35. The third-order valence-corrected chi connectivity index (χ3v) is 6.62. The number of benzene rings is 1. The van der Waals surface area contributed by atoms with E-state index in [0.29, 0.717) is 24.0 Å². The van der Waals surface area contributed by atoms with Gasteiger partial charge in [0.1, 0.15) is 12.4 Å². The van der Waals surface area contributed by atoms with Gasteiger partial charge in [-0.05, 0) is 78.1 Å². The fourth-order valence-corrected chi connectivity index (χ4v) is 4.51. The average molecular weight is 467 g/mol. The van der Waals surface area contributed by atoms with Crippen LogP contribution in [0.4, 0.5) is 0 Å². The lowest BCUT2D eigenvalue weighted by molar-refractivity contribution is 0.128. The zero-order valence-electron chi connectivity index (χ0n) is 20.7. The van der Waals surface area contributed by atoms with Crippen molar-refractivity contribution in [2.75, 3.05) is 40.3 Å². The highest BCUT2D eigenvalue weighted by molar-refractivity contribution is 5.75. The minimum Gasteiger partial charge on any atom is -0.492 e. The van der Waals surface area contributed by atoms with Gasteiger partial charge in [-0.3, -0.25) is 18.8 Å². The molecule has 0 N–H and O–H groups in total. The molecule has 0 bridgehead atoms. The summed E-state index contributed by atoms with van der Waals surface area (Å²) in [6.07, 6.45) is 3.96. The molecule has 0 atom stereocenters. The Morgan fingerprint density at radius 3 is 2.41 bits per heavy atom. The highest BCUT2D eigenvalue weighted by Crippen LogP contribution is 2.21. The van der Waals surface area contributed by atoms with E-state index in [9.17, 15) is 9.59 Å². The predicted molar refractivity (Wildman–Crippen MR) is 134 cm³/mol. The third-order valence-electron chi connectivity index (χ3n) is 6.62. The first-order valence-electron chi connectivity index (χ1n) is 11.9. The molecule has 1 saturated heterocycles. The van der Waals surface area contributed by atoms with E-state index in [2.05, 4.69) is 33.9 Å². The van der Waals surface area contributed by atoms with E-state index in [1.807, 2.05) is 38.1 Å². The molecule has 1 fully saturated rings. The van der Waals surface area contributed by atoms with E-state index >= 15 is 0 Å². The molecule has 4 rings (SSSR count). The van der Waals surface area contributed by atoms with Gasteiger partial charge in [-0.2, -0.15) is 0 Å². The molecule has 3 aromatic rings. The molecule has 9 heteroatoms. The second-order valence-corrected chi connectivity index (χ2v) is 9.45. The minimum absolute atomic E-state index is 0.118. The molecule has 182 valence electrons. The van der Waals surface area contributed by atoms with Crippen molar-refractivity contribution in [3.05, 3.63) is 51.3 Å². The first kappa shape index (κ1) is 24.1. The van der Waals surface area contributed by atoms with Gasteiger partial charge in [0.2, 0.25) is 0 Å². The Labute approximate surface area is 199 Å². The highest BCUT2D eigenvalue weighted by atomic mass is 16.5. The molecule has 1 aliphatic heterocycles. The van der Waals surface area contributed by atoms with Gasteiger partial charge in [-0.1, -0.05) is 0 Å². The number of fused-ring (bicyclic) bond motifs is 1. The summed E-state index contributed by atoms with van der Waals surface area (Å²) in [5.41, 5.74) is 0.674. The van der Waals surface area contributed by atoms with Gasteiger partial charge in [0, 0.05) is 31.2 Å². The van der Waals surface area contributed by atoms with Gasteiger partial charge >= 0.3 is 5.69 Å². The Morgan fingerprint density at radius 1 is 1.12 bits per heavy atom.